The SMILES string of the molecule is COc1ccc(OC)c(C(C(=O)N2CCCC2)N2CCNCC2)c1. The fourth-order valence-electron chi connectivity index (χ4n) is 3.59. The summed E-state index contributed by atoms with van der Waals surface area (Å²) in [5, 5.41) is 3.36. The van der Waals surface area contributed by atoms with Gasteiger partial charge in [0.2, 0.25) is 5.91 Å². The molecule has 2 aliphatic heterocycles. The number of carbonyl (C=O) groups excluding carboxylic acids is 1. The lowest BCUT2D eigenvalue weighted by atomic mass is 10.0. The van der Waals surface area contributed by atoms with E-state index in [1.54, 1.807) is 14.2 Å². The maximum Gasteiger partial charge on any atom is 0.244 e. The summed E-state index contributed by atoms with van der Waals surface area (Å²) in [4.78, 5) is 17.5. The molecule has 2 aliphatic rings. The normalized spacial score (nSPS) is 20.0. The lowest BCUT2D eigenvalue weighted by Gasteiger charge is -2.36. The summed E-state index contributed by atoms with van der Waals surface area (Å²) >= 11 is 0. The first-order valence-corrected chi connectivity index (χ1v) is 8.70. The van der Waals surface area contributed by atoms with E-state index < -0.39 is 0 Å². The van der Waals surface area contributed by atoms with Crippen LogP contribution in [0.15, 0.2) is 18.2 Å². The zero-order valence-corrected chi connectivity index (χ0v) is 14.6. The molecule has 0 bridgehead atoms. The fourth-order valence-corrected chi connectivity index (χ4v) is 3.59. The van der Waals surface area contributed by atoms with E-state index in [1.807, 2.05) is 23.1 Å². The fraction of sp³-hybridized carbons (Fsp3) is 0.611. The Labute approximate surface area is 143 Å². The molecule has 24 heavy (non-hydrogen) atoms. The lowest BCUT2D eigenvalue weighted by molar-refractivity contribution is -0.136. The Morgan fingerprint density at radius 1 is 1.08 bits per heavy atom. The van der Waals surface area contributed by atoms with Crippen LogP contribution in [0, 0.1) is 0 Å². The topological polar surface area (TPSA) is 54.0 Å². The van der Waals surface area contributed by atoms with Crippen LogP contribution in [0.5, 0.6) is 11.5 Å². The highest BCUT2D eigenvalue weighted by atomic mass is 16.5. The van der Waals surface area contributed by atoms with Gasteiger partial charge in [-0.25, -0.2) is 0 Å². The molecule has 6 heteroatoms. The molecule has 2 saturated heterocycles. The monoisotopic (exact) mass is 333 g/mol. The smallest absolute Gasteiger partial charge is 0.244 e. The minimum Gasteiger partial charge on any atom is -0.497 e. The maximum absolute atomic E-state index is 13.3. The van der Waals surface area contributed by atoms with Crippen LogP contribution in [0.25, 0.3) is 0 Å². The van der Waals surface area contributed by atoms with Gasteiger partial charge < -0.3 is 19.7 Å². The molecule has 0 saturated carbocycles. The summed E-state index contributed by atoms with van der Waals surface area (Å²) in [6, 6.07) is 5.40. The van der Waals surface area contributed by atoms with Crippen molar-refractivity contribution in [3.8, 4) is 11.5 Å². The molecule has 3 rings (SSSR count). The average Bonchev–Trinajstić information content (AvgIpc) is 3.17. The van der Waals surface area contributed by atoms with Gasteiger partial charge in [-0.3, -0.25) is 9.69 Å². The summed E-state index contributed by atoms with van der Waals surface area (Å²) in [6.45, 7) is 5.21. The Balaban J connectivity index is 1.98. The van der Waals surface area contributed by atoms with Crippen LogP contribution in [0.2, 0.25) is 0 Å². The molecule has 1 N–H and O–H groups in total. The van der Waals surface area contributed by atoms with Crippen LogP contribution in [0.1, 0.15) is 24.4 Å². The summed E-state index contributed by atoms with van der Waals surface area (Å²) in [5.41, 5.74) is 0.899. The Hall–Kier alpha value is -1.79. The molecule has 1 aromatic rings. The quantitative estimate of drug-likeness (QED) is 0.879. The first-order chi connectivity index (χ1) is 11.7. The third-order valence-electron chi connectivity index (χ3n) is 4.90. The molecule has 132 valence electrons. The molecule has 6 nitrogen and oxygen atoms in total. The third-order valence-corrected chi connectivity index (χ3v) is 4.90. The maximum atomic E-state index is 13.3. The third kappa shape index (κ3) is 3.49. The molecule has 0 radical (unpaired) electrons. The highest BCUT2D eigenvalue weighted by Gasteiger charge is 2.35. The first kappa shape index (κ1) is 17.0. The predicted molar refractivity (Wildman–Crippen MR) is 92.5 cm³/mol. The highest BCUT2D eigenvalue weighted by Crippen LogP contribution is 2.34. The van der Waals surface area contributed by atoms with E-state index in [1.165, 1.54) is 0 Å². The molecular formula is C18H27N3O3. The number of methoxy groups -OCH3 is 2. The molecule has 1 aromatic carbocycles. The zero-order chi connectivity index (χ0) is 16.9. The second kappa shape index (κ2) is 7.85. The van der Waals surface area contributed by atoms with Crippen molar-refractivity contribution in [3.05, 3.63) is 23.8 Å². The molecule has 2 heterocycles. The van der Waals surface area contributed by atoms with Crippen LogP contribution < -0.4 is 14.8 Å². The van der Waals surface area contributed by atoms with Crippen LogP contribution in [-0.2, 0) is 4.79 Å². The van der Waals surface area contributed by atoms with Crippen molar-refractivity contribution in [1.29, 1.82) is 0 Å². The van der Waals surface area contributed by atoms with Crippen molar-refractivity contribution < 1.29 is 14.3 Å². The van der Waals surface area contributed by atoms with Crippen LogP contribution in [-0.4, -0.2) is 69.2 Å². The van der Waals surface area contributed by atoms with Crippen LogP contribution in [0.4, 0.5) is 0 Å². The number of carbonyl (C=O) groups is 1. The van der Waals surface area contributed by atoms with Gasteiger partial charge in [0, 0.05) is 44.8 Å². The van der Waals surface area contributed by atoms with Gasteiger partial charge in [0.05, 0.1) is 14.2 Å². The summed E-state index contributed by atoms with van der Waals surface area (Å²) in [6.07, 6.45) is 2.19. The zero-order valence-electron chi connectivity index (χ0n) is 14.6. The molecule has 2 fully saturated rings. The standard InChI is InChI=1S/C18H27N3O3/c1-23-14-5-6-16(24-2)15(13-14)17(20-11-7-19-8-12-20)18(22)21-9-3-4-10-21/h5-6,13,17,19H,3-4,7-12H2,1-2H3. The average molecular weight is 333 g/mol. The number of hydrogen-bond acceptors (Lipinski definition) is 5. The Morgan fingerprint density at radius 3 is 2.42 bits per heavy atom. The van der Waals surface area contributed by atoms with E-state index >= 15 is 0 Å². The van der Waals surface area contributed by atoms with Crippen molar-refractivity contribution >= 4 is 5.91 Å². The van der Waals surface area contributed by atoms with E-state index in [2.05, 4.69) is 10.2 Å². The Bertz CT molecular complexity index is 567. The minimum atomic E-state index is -0.310. The molecule has 0 aromatic heterocycles. The predicted octanol–water partition coefficient (Wildman–Crippen LogP) is 1.27. The van der Waals surface area contributed by atoms with Crippen molar-refractivity contribution in [2.75, 3.05) is 53.5 Å². The van der Waals surface area contributed by atoms with E-state index in [4.69, 9.17) is 9.47 Å². The van der Waals surface area contributed by atoms with E-state index in [-0.39, 0.29) is 11.9 Å². The number of piperazine rings is 1. The van der Waals surface area contributed by atoms with Crippen molar-refractivity contribution in [2.45, 2.75) is 18.9 Å². The van der Waals surface area contributed by atoms with Gasteiger partial charge in [0.15, 0.2) is 0 Å². The van der Waals surface area contributed by atoms with E-state index in [0.717, 1.165) is 69.2 Å². The number of amides is 1. The van der Waals surface area contributed by atoms with Crippen LogP contribution >= 0.6 is 0 Å². The number of nitrogens with zero attached hydrogens (tertiary/aromatic N) is 2. The number of ether oxygens (including phenoxy) is 2. The van der Waals surface area contributed by atoms with Gasteiger partial charge in [-0.15, -0.1) is 0 Å². The molecular weight excluding hydrogens is 306 g/mol. The molecule has 0 aliphatic carbocycles. The molecule has 1 unspecified atom stereocenters. The van der Waals surface area contributed by atoms with E-state index in [9.17, 15) is 4.79 Å². The number of hydrogen-bond donors (Lipinski definition) is 1. The highest BCUT2D eigenvalue weighted by molar-refractivity contribution is 5.84. The van der Waals surface area contributed by atoms with Gasteiger partial charge in [-0.2, -0.15) is 0 Å². The first-order valence-electron chi connectivity index (χ1n) is 8.70. The minimum absolute atomic E-state index is 0.181. The van der Waals surface area contributed by atoms with Crippen molar-refractivity contribution in [1.82, 2.24) is 15.1 Å². The second-order valence-electron chi connectivity index (χ2n) is 6.33. The largest absolute Gasteiger partial charge is 0.497 e. The summed E-state index contributed by atoms with van der Waals surface area (Å²) in [5.74, 6) is 1.67. The van der Waals surface area contributed by atoms with Gasteiger partial charge in [0.1, 0.15) is 17.5 Å². The molecule has 1 amide bonds. The number of benzene rings is 1. The van der Waals surface area contributed by atoms with Crippen molar-refractivity contribution in [2.24, 2.45) is 0 Å². The van der Waals surface area contributed by atoms with Gasteiger partial charge in [-0.05, 0) is 31.0 Å². The van der Waals surface area contributed by atoms with Gasteiger partial charge in [-0.1, -0.05) is 0 Å². The van der Waals surface area contributed by atoms with Crippen molar-refractivity contribution in [3.63, 3.8) is 0 Å². The molecule has 1 atom stereocenters. The van der Waals surface area contributed by atoms with Gasteiger partial charge >= 0.3 is 0 Å². The summed E-state index contributed by atoms with van der Waals surface area (Å²) in [7, 11) is 3.30. The number of rotatable bonds is 5. The Kier molecular flexibility index (Phi) is 5.58. The lowest BCUT2D eigenvalue weighted by Crippen LogP contribution is -2.50. The summed E-state index contributed by atoms with van der Waals surface area (Å²) < 4.78 is 10.9. The van der Waals surface area contributed by atoms with Gasteiger partial charge in [0.25, 0.3) is 0 Å². The molecule has 0 spiro atoms. The van der Waals surface area contributed by atoms with E-state index in [0.29, 0.717) is 0 Å². The Morgan fingerprint density at radius 2 is 1.79 bits per heavy atom. The second-order valence-corrected chi connectivity index (χ2v) is 6.33. The number of nitrogens with one attached hydrogen (secondary N) is 1. The number of likely N-dealkylation sites (tertiary alicyclic amines) is 1. The van der Waals surface area contributed by atoms with Crippen LogP contribution in [0.3, 0.4) is 0 Å².